The molecule has 3 N–H and O–H groups in total. The Balaban J connectivity index is 2.76. The number of para-hydroxylation sites is 1. The second-order valence-corrected chi connectivity index (χ2v) is 6.18. The summed E-state index contributed by atoms with van der Waals surface area (Å²) in [5.41, 5.74) is 5.74. The van der Waals surface area contributed by atoms with Crippen molar-refractivity contribution in [3.63, 3.8) is 0 Å². The maximum Gasteiger partial charge on any atom is 0.235 e. The number of anilines is 1. The van der Waals surface area contributed by atoms with E-state index in [-0.39, 0.29) is 16.6 Å². The zero-order chi connectivity index (χ0) is 14.5. The molecule has 0 aromatic heterocycles. The molecule has 0 saturated carbocycles. The zero-order valence-electron chi connectivity index (χ0n) is 10.9. The predicted molar refractivity (Wildman–Crippen MR) is 72.4 cm³/mol. The largest absolute Gasteiger partial charge is 0.398 e. The van der Waals surface area contributed by atoms with E-state index in [2.05, 4.69) is 5.32 Å². The third kappa shape index (κ3) is 4.53. The summed E-state index contributed by atoms with van der Waals surface area (Å²) < 4.78 is 28.9. The van der Waals surface area contributed by atoms with E-state index in [4.69, 9.17) is 10.5 Å². The minimum atomic E-state index is -3.73. The van der Waals surface area contributed by atoms with Gasteiger partial charge in [0.1, 0.15) is 5.75 Å². The van der Waals surface area contributed by atoms with E-state index in [1.54, 1.807) is 19.1 Å². The molecular formula is C12H18N2O4S. The molecule has 0 radical (unpaired) electrons. The van der Waals surface area contributed by atoms with Gasteiger partial charge in [-0.15, -0.1) is 0 Å². The van der Waals surface area contributed by atoms with Gasteiger partial charge in [-0.2, -0.15) is 0 Å². The molecule has 0 aliphatic carbocycles. The van der Waals surface area contributed by atoms with Crippen LogP contribution in [0.1, 0.15) is 6.92 Å². The molecule has 0 aliphatic heterocycles. The minimum Gasteiger partial charge on any atom is -0.398 e. The normalized spacial score (nSPS) is 12.9. The Labute approximate surface area is 112 Å². The van der Waals surface area contributed by atoms with E-state index in [0.29, 0.717) is 6.61 Å². The number of nitrogens with one attached hydrogen (secondary N) is 1. The number of rotatable bonds is 6. The molecule has 0 aliphatic rings. The number of hydrogen-bond donors (Lipinski definition) is 2. The molecule has 1 rings (SSSR count). The minimum absolute atomic E-state index is 0.0236. The van der Waals surface area contributed by atoms with Gasteiger partial charge in [-0.1, -0.05) is 12.1 Å². The Bertz CT molecular complexity index is 542. The molecule has 0 heterocycles. The van der Waals surface area contributed by atoms with Crippen LogP contribution in [0.5, 0.6) is 0 Å². The van der Waals surface area contributed by atoms with E-state index in [9.17, 15) is 13.2 Å². The van der Waals surface area contributed by atoms with Crippen LogP contribution in [0.4, 0.5) is 5.69 Å². The van der Waals surface area contributed by atoms with Crippen molar-refractivity contribution in [2.24, 2.45) is 0 Å². The fraction of sp³-hybridized carbons (Fsp3) is 0.417. The molecule has 1 aromatic carbocycles. The highest BCUT2D eigenvalue weighted by Crippen LogP contribution is 2.18. The number of ether oxygens (including phenoxy) is 1. The summed E-state index contributed by atoms with van der Waals surface area (Å²) in [5, 5.41) is 2.54. The van der Waals surface area contributed by atoms with Crippen molar-refractivity contribution in [2.45, 2.75) is 17.9 Å². The van der Waals surface area contributed by atoms with Gasteiger partial charge in [0.05, 0.1) is 17.2 Å². The predicted octanol–water partition coefficient (Wildman–Crippen LogP) is 0.194. The zero-order valence-corrected chi connectivity index (χ0v) is 11.7. The van der Waals surface area contributed by atoms with Crippen molar-refractivity contribution in [2.75, 3.05) is 25.2 Å². The summed E-state index contributed by atoms with van der Waals surface area (Å²) in [6.45, 7) is 2.05. The van der Waals surface area contributed by atoms with Crippen LogP contribution < -0.4 is 11.1 Å². The Morgan fingerprint density at radius 1 is 1.42 bits per heavy atom. The summed E-state index contributed by atoms with van der Waals surface area (Å²) in [5.74, 6) is -1.21. The van der Waals surface area contributed by atoms with E-state index in [1.807, 2.05) is 0 Å². The molecule has 1 amide bonds. The number of benzene rings is 1. The number of carbonyl (C=O) groups is 1. The van der Waals surface area contributed by atoms with Crippen LogP contribution in [-0.4, -0.2) is 39.8 Å². The number of carbonyl (C=O) groups excluding carboxylic acids is 1. The first-order valence-electron chi connectivity index (χ1n) is 5.72. The summed E-state index contributed by atoms with van der Waals surface area (Å²) in [7, 11) is -2.22. The average Bonchev–Trinajstić information content (AvgIpc) is 2.28. The van der Waals surface area contributed by atoms with Crippen molar-refractivity contribution in [3.8, 4) is 0 Å². The number of hydrogen-bond acceptors (Lipinski definition) is 5. The quantitative estimate of drug-likeness (QED) is 0.728. The second kappa shape index (κ2) is 6.53. The van der Waals surface area contributed by atoms with E-state index in [0.717, 1.165) is 0 Å². The van der Waals surface area contributed by atoms with Gasteiger partial charge in [0.25, 0.3) is 0 Å². The summed E-state index contributed by atoms with van der Waals surface area (Å²) in [4.78, 5) is 11.6. The van der Waals surface area contributed by atoms with Gasteiger partial charge in [0.15, 0.2) is 9.84 Å². The molecule has 1 atom stereocenters. The van der Waals surface area contributed by atoms with Gasteiger partial charge in [0, 0.05) is 13.2 Å². The number of nitrogens with two attached hydrogens (primary N) is 1. The summed E-state index contributed by atoms with van der Waals surface area (Å²) in [6, 6.07) is 5.82. The van der Waals surface area contributed by atoms with Crippen LogP contribution in [0.15, 0.2) is 29.2 Å². The fourth-order valence-electron chi connectivity index (χ4n) is 1.62. The smallest absolute Gasteiger partial charge is 0.235 e. The van der Waals surface area contributed by atoms with E-state index >= 15 is 0 Å². The van der Waals surface area contributed by atoms with Gasteiger partial charge >= 0.3 is 0 Å². The maximum absolute atomic E-state index is 12.0. The molecule has 0 fully saturated rings. The van der Waals surface area contributed by atoms with E-state index in [1.165, 1.54) is 19.2 Å². The molecule has 0 bridgehead atoms. The first-order valence-corrected chi connectivity index (χ1v) is 7.37. The van der Waals surface area contributed by atoms with Gasteiger partial charge in [-0.25, -0.2) is 8.42 Å². The summed E-state index contributed by atoms with van der Waals surface area (Å²) in [6.07, 6.45) is 0. The average molecular weight is 286 g/mol. The fourth-order valence-corrected chi connectivity index (χ4v) is 2.92. The molecule has 7 heteroatoms. The Morgan fingerprint density at radius 3 is 2.63 bits per heavy atom. The van der Waals surface area contributed by atoms with Crippen LogP contribution in [0.2, 0.25) is 0 Å². The molecule has 0 spiro atoms. The van der Waals surface area contributed by atoms with Crippen LogP contribution >= 0.6 is 0 Å². The second-order valence-electron chi connectivity index (χ2n) is 4.22. The van der Waals surface area contributed by atoms with Gasteiger partial charge in [-0.05, 0) is 19.1 Å². The monoisotopic (exact) mass is 286 g/mol. The van der Waals surface area contributed by atoms with Crippen LogP contribution in [0.3, 0.4) is 0 Å². The van der Waals surface area contributed by atoms with Gasteiger partial charge in [-0.3, -0.25) is 4.79 Å². The first-order chi connectivity index (χ1) is 8.86. The number of amides is 1. The Hall–Kier alpha value is -1.60. The SMILES string of the molecule is COCC(C)NC(=O)CS(=O)(=O)c1ccccc1N. The van der Waals surface area contributed by atoms with Crippen molar-refractivity contribution < 1.29 is 17.9 Å². The van der Waals surface area contributed by atoms with Crippen LogP contribution in [0, 0.1) is 0 Å². The third-order valence-electron chi connectivity index (χ3n) is 2.40. The maximum atomic E-state index is 12.0. The van der Waals surface area contributed by atoms with Crippen LogP contribution in [0.25, 0.3) is 0 Å². The number of methoxy groups -OCH3 is 1. The lowest BCUT2D eigenvalue weighted by Crippen LogP contribution is -2.39. The topological polar surface area (TPSA) is 98.5 Å². The molecule has 0 saturated heterocycles. The number of nitrogen functional groups attached to an aromatic ring is 1. The van der Waals surface area contributed by atoms with Crippen LogP contribution in [-0.2, 0) is 19.4 Å². The Morgan fingerprint density at radius 2 is 2.05 bits per heavy atom. The molecule has 19 heavy (non-hydrogen) atoms. The van der Waals surface area contributed by atoms with E-state index < -0.39 is 21.5 Å². The lowest BCUT2D eigenvalue weighted by Gasteiger charge is -2.13. The number of sulfone groups is 1. The van der Waals surface area contributed by atoms with Crippen molar-refractivity contribution in [3.05, 3.63) is 24.3 Å². The lowest BCUT2D eigenvalue weighted by molar-refractivity contribution is -0.119. The van der Waals surface area contributed by atoms with Crippen molar-refractivity contribution in [1.82, 2.24) is 5.32 Å². The van der Waals surface area contributed by atoms with Gasteiger partial charge in [0.2, 0.25) is 5.91 Å². The summed E-state index contributed by atoms with van der Waals surface area (Å²) >= 11 is 0. The van der Waals surface area contributed by atoms with Crippen molar-refractivity contribution in [1.29, 1.82) is 0 Å². The molecule has 6 nitrogen and oxygen atoms in total. The molecule has 1 unspecified atom stereocenters. The highest BCUT2D eigenvalue weighted by atomic mass is 32.2. The van der Waals surface area contributed by atoms with Gasteiger partial charge < -0.3 is 15.8 Å². The first kappa shape index (κ1) is 15.5. The molecular weight excluding hydrogens is 268 g/mol. The molecule has 106 valence electrons. The molecule has 1 aromatic rings. The van der Waals surface area contributed by atoms with Crippen molar-refractivity contribution >= 4 is 21.4 Å². The standard InChI is InChI=1S/C12H18N2O4S/c1-9(7-18-2)14-12(15)8-19(16,17)11-6-4-3-5-10(11)13/h3-6,9H,7-8,13H2,1-2H3,(H,14,15). The highest BCUT2D eigenvalue weighted by molar-refractivity contribution is 7.92. The Kier molecular flexibility index (Phi) is 5.31. The lowest BCUT2D eigenvalue weighted by atomic mass is 10.3. The highest BCUT2D eigenvalue weighted by Gasteiger charge is 2.22. The third-order valence-corrected chi connectivity index (χ3v) is 4.08.